The van der Waals surface area contributed by atoms with E-state index in [1.165, 1.54) is 24.1 Å². The number of aromatic nitrogens is 7. The van der Waals surface area contributed by atoms with E-state index < -0.39 is 0 Å². The Kier molecular flexibility index (Phi) is 5.38. The molecule has 0 spiro atoms. The van der Waals surface area contributed by atoms with Gasteiger partial charge in [0.25, 0.3) is 5.88 Å². The van der Waals surface area contributed by atoms with Crippen LogP contribution >= 0.6 is 11.3 Å². The number of anilines is 2. The van der Waals surface area contributed by atoms with Crippen LogP contribution < -0.4 is 14.6 Å². The smallest absolute Gasteiger partial charge is 0.330 e. The second kappa shape index (κ2) is 8.34. The van der Waals surface area contributed by atoms with Gasteiger partial charge in [0, 0.05) is 17.5 Å². The second-order valence-corrected chi connectivity index (χ2v) is 8.81. The number of nitrogens with zero attached hydrogens (tertiary/aromatic N) is 7. The molecule has 9 nitrogen and oxygen atoms in total. The van der Waals surface area contributed by atoms with E-state index in [4.69, 9.17) is 14.8 Å². The van der Waals surface area contributed by atoms with Crippen molar-refractivity contribution in [2.75, 3.05) is 12.4 Å². The fourth-order valence-electron chi connectivity index (χ4n) is 4.05. The SMILES string of the molecule is CCn1nc2c(c1Nc1nc(-c3cnc(-[n+]4cc(C)n(C)c4)c(OC)n3)cs1)CCCC2. The van der Waals surface area contributed by atoms with Crippen LogP contribution in [0.2, 0.25) is 0 Å². The molecule has 0 aliphatic heterocycles. The molecule has 0 fully saturated rings. The molecule has 0 atom stereocenters. The van der Waals surface area contributed by atoms with Crippen LogP contribution in [0.4, 0.5) is 10.9 Å². The van der Waals surface area contributed by atoms with E-state index in [0.29, 0.717) is 17.4 Å². The molecule has 4 aromatic rings. The predicted octanol–water partition coefficient (Wildman–Crippen LogP) is 3.37. The van der Waals surface area contributed by atoms with Gasteiger partial charge in [0.05, 0.1) is 19.9 Å². The molecule has 0 aromatic carbocycles. The molecule has 5 rings (SSSR count). The number of thiazole rings is 1. The summed E-state index contributed by atoms with van der Waals surface area (Å²) in [6.07, 6.45) is 10.2. The molecule has 10 heteroatoms. The Balaban J connectivity index is 1.43. The van der Waals surface area contributed by atoms with Crippen LogP contribution in [0.3, 0.4) is 0 Å². The van der Waals surface area contributed by atoms with E-state index in [2.05, 4.69) is 22.2 Å². The minimum absolute atomic E-state index is 0.457. The third kappa shape index (κ3) is 3.64. The monoisotopic (exact) mass is 451 g/mol. The van der Waals surface area contributed by atoms with Crippen molar-refractivity contribution in [3.63, 3.8) is 0 Å². The average molecular weight is 452 g/mol. The highest BCUT2D eigenvalue weighted by atomic mass is 32.1. The van der Waals surface area contributed by atoms with Crippen molar-refractivity contribution in [1.82, 2.24) is 29.3 Å². The van der Waals surface area contributed by atoms with Gasteiger partial charge in [-0.15, -0.1) is 16.3 Å². The highest BCUT2D eigenvalue weighted by Gasteiger charge is 2.22. The molecule has 4 heterocycles. The van der Waals surface area contributed by atoms with Gasteiger partial charge in [-0.25, -0.2) is 19.2 Å². The van der Waals surface area contributed by atoms with E-state index in [9.17, 15) is 0 Å². The minimum atomic E-state index is 0.457. The molecule has 166 valence electrons. The number of imidazole rings is 1. The average Bonchev–Trinajstić information content (AvgIpc) is 3.51. The number of hydrogen-bond acceptors (Lipinski definition) is 7. The number of aryl methyl sites for hydroxylation is 4. The van der Waals surface area contributed by atoms with Gasteiger partial charge in [-0.2, -0.15) is 5.10 Å². The van der Waals surface area contributed by atoms with Gasteiger partial charge in [0.15, 0.2) is 11.5 Å². The molecule has 32 heavy (non-hydrogen) atoms. The molecule has 0 radical (unpaired) electrons. The largest absolute Gasteiger partial charge is 0.476 e. The van der Waals surface area contributed by atoms with Gasteiger partial charge in [-0.1, -0.05) is 0 Å². The standard InChI is InChI=1S/C22H27N8OS/c1-5-30-19(15-8-6-7-9-16(15)27-30)26-22-25-18(12-32-22)17-10-23-20(21(24-17)31-4)29-11-14(2)28(3)13-29/h10-13H,5-9H2,1-4H3,(H,25,26)/q+1. The Hall–Kier alpha value is -3.27. The summed E-state index contributed by atoms with van der Waals surface area (Å²) in [5.41, 5.74) is 5.10. The minimum Gasteiger partial charge on any atom is -0.476 e. The fourth-order valence-corrected chi connectivity index (χ4v) is 4.75. The molecule has 0 bridgehead atoms. The van der Waals surface area contributed by atoms with Crippen molar-refractivity contribution >= 4 is 22.3 Å². The molecule has 4 aromatic heterocycles. The van der Waals surface area contributed by atoms with Gasteiger partial charge in [-0.3, -0.25) is 4.57 Å². The van der Waals surface area contributed by atoms with Gasteiger partial charge >= 0.3 is 5.82 Å². The van der Waals surface area contributed by atoms with Crippen LogP contribution in [-0.4, -0.2) is 36.4 Å². The van der Waals surface area contributed by atoms with Crippen molar-refractivity contribution in [3.8, 4) is 23.1 Å². The van der Waals surface area contributed by atoms with Gasteiger partial charge < -0.3 is 10.1 Å². The van der Waals surface area contributed by atoms with Crippen LogP contribution in [0.25, 0.3) is 17.2 Å². The number of fused-ring (bicyclic) bond motifs is 1. The zero-order valence-electron chi connectivity index (χ0n) is 18.8. The first-order valence-electron chi connectivity index (χ1n) is 10.8. The Morgan fingerprint density at radius 3 is 2.81 bits per heavy atom. The Labute approximate surface area is 190 Å². The summed E-state index contributed by atoms with van der Waals surface area (Å²) in [6, 6.07) is 0. The van der Waals surface area contributed by atoms with Crippen molar-refractivity contribution in [3.05, 3.63) is 41.1 Å². The summed E-state index contributed by atoms with van der Waals surface area (Å²) in [5, 5.41) is 11.1. The van der Waals surface area contributed by atoms with Crippen LogP contribution in [0, 0.1) is 6.92 Å². The summed E-state index contributed by atoms with van der Waals surface area (Å²) in [6.45, 7) is 4.98. The number of ether oxygens (including phenoxy) is 1. The molecule has 1 N–H and O–H groups in total. The lowest BCUT2D eigenvalue weighted by Gasteiger charge is -2.12. The summed E-state index contributed by atoms with van der Waals surface area (Å²) >= 11 is 1.55. The lowest BCUT2D eigenvalue weighted by Crippen LogP contribution is -2.30. The summed E-state index contributed by atoms with van der Waals surface area (Å²) in [4.78, 5) is 14.1. The first kappa shape index (κ1) is 20.6. The Morgan fingerprint density at radius 2 is 2.06 bits per heavy atom. The second-order valence-electron chi connectivity index (χ2n) is 7.95. The van der Waals surface area contributed by atoms with Gasteiger partial charge in [0.1, 0.15) is 35.3 Å². The van der Waals surface area contributed by atoms with Crippen molar-refractivity contribution in [1.29, 1.82) is 0 Å². The van der Waals surface area contributed by atoms with E-state index in [0.717, 1.165) is 41.7 Å². The predicted molar refractivity (Wildman–Crippen MR) is 123 cm³/mol. The Morgan fingerprint density at radius 1 is 1.22 bits per heavy atom. The number of methoxy groups -OCH3 is 1. The fraction of sp³-hybridized carbons (Fsp3) is 0.409. The highest BCUT2D eigenvalue weighted by molar-refractivity contribution is 7.14. The zero-order valence-corrected chi connectivity index (χ0v) is 19.6. The van der Waals surface area contributed by atoms with Gasteiger partial charge in [-0.05, 0) is 39.5 Å². The quantitative estimate of drug-likeness (QED) is 0.452. The summed E-state index contributed by atoms with van der Waals surface area (Å²) in [5.74, 6) is 2.17. The van der Waals surface area contributed by atoms with Crippen LogP contribution in [0.5, 0.6) is 5.88 Å². The molecule has 0 unspecified atom stereocenters. The zero-order chi connectivity index (χ0) is 22.2. The summed E-state index contributed by atoms with van der Waals surface area (Å²) < 4.78 is 11.5. The maximum atomic E-state index is 5.54. The van der Waals surface area contributed by atoms with E-state index >= 15 is 0 Å². The third-order valence-corrected chi connectivity index (χ3v) is 6.61. The lowest BCUT2D eigenvalue weighted by atomic mass is 9.97. The lowest BCUT2D eigenvalue weighted by molar-refractivity contribution is -0.599. The number of nitrogens with one attached hydrogen (secondary N) is 1. The van der Waals surface area contributed by atoms with E-state index in [1.807, 2.05) is 45.7 Å². The first-order valence-corrected chi connectivity index (χ1v) is 11.7. The maximum Gasteiger partial charge on any atom is 0.330 e. The molecular formula is C22H27N8OS+. The molecule has 0 saturated carbocycles. The normalized spacial score (nSPS) is 13.2. The van der Waals surface area contributed by atoms with Crippen LogP contribution in [-0.2, 0) is 26.4 Å². The van der Waals surface area contributed by atoms with Crippen molar-refractivity contribution in [2.24, 2.45) is 7.05 Å². The first-order chi connectivity index (χ1) is 15.6. The molecule has 1 aliphatic rings. The topological polar surface area (TPSA) is 86.6 Å². The van der Waals surface area contributed by atoms with E-state index in [1.54, 1.807) is 24.6 Å². The highest BCUT2D eigenvalue weighted by Crippen LogP contribution is 2.32. The van der Waals surface area contributed by atoms with E-state index in [-0.39, 0.29) is 0 Å². The maximum absolute atomic E-state index is 5.54. The molecular weight excluding hydrogens is 424 g/mol. The number of hydrogen-bond donors (Lipinski definition) is 1. The van der Waals surface area contributed by atoms with Gasteiger partial charge in [0.2, 0.25) is 0 Å². The van der Waals surface area contributed by atoms with Crippen LogP contribution in [0.1, 0.15) is 36.7 Å². The number of rotatable bonds is 6. The third-order valence-electron chi connectivity index (χ3n) is 5.86. The molecule has 0 amide bonds. The Bertz CT molecular complexity index is 1250. The molecule has 0 saturated heterocycles. The van der Waals surface area contributed by atoms with Crippen LogP contribution in [0.15, 0.2) is 24.1 Å². The van der Waals surface area contributed by atoms with Crippen molar-refractivity contribution in [2.45, 2.75) is 46.1 Å². The summed E-state index contributed by atoms with van der Waals surface area (Å²) in [7, 11) is 3.60. The van der Waals surface area contributed by atoms with Crippen molar-refractivity contribution < 1.29 is 9.30 Å². The molecule has 1 aliphatic carbocycles.